The number of nitrogens with zero attached hydrogens (tertiary/aromatic N) is 3. The highest BCUT2D eigenvalue weighted by atomic mass is 32.1. The van der Waals surface area contributed by atoms with Crippen molar-refractivity contribution in [1.29, 1.82) is 5.26 Å². The van der Waals surface area contributed by atoms with Crippen LogP contribution >= 0.6 is 11.3 Å². The maximum absolute atomic E-state index is 9.76. The largest absolute Gasteiger partial charge is 0.508 e. The fourth-order valence-corrected chi connectivity index (χ4v) is 3.30. The number of aromatic nitrogens is 2. The predicted octanol–water partition coefficient (Wildman–Crippen LogP) is 5.04. The van der Waals surface area contributed by atoms with Crippen LogP contribution in [-0.2, 0) is 0 Å². The smallest absolute Gasteiger partial charge is 0.156 e. The summed E-state index contributed by atoms with van der Waals surface area (Å²) in [6.07, 6.45) is 3.25. The maximum Gasteiger partial charge on any atom is 0.156 e. The van der Waals surface area contributed by atoms with Crippen LogP contribution in [0.1, 0.15) is 11.1 Å². The molecular formula is C20H13N3O2S. The minimum atomic E-state index is 0.103. The minimum Gasteiger partial charge on any atom is -0.508 e. The molecule has 6 heteroatoms. The molecule has 0 fully saturated rings. The number of fused-ring (bicyclic) bond motifs is 1. The van der Waals surface area contributed by atoms with Gasteiger partial charge in [-0.05, 0) is 36.8 Å². The van der Waals surface area contributed by atoms with Gasteiger partial charge in [0.1, 0.15) is 28.1 Å². The van der Waals surface area contributed by atoms with Crippen LogP contribution in [0.25, 0.3) is 21.5 Å². The normalized spacial score (nSPS) is 10.6. The number of thiazole rings is 1. The molecule has 2 heterocycles. The first kappa shape index (κ1) is 16.1. The minimum absolute atomic E-state index is 0.103. The number of hydrogen-bond acceptors (Lipinski definition) is 6. The van der Waals surface area contributed by atoms with Gasteiger partial charge in [-0.15, -0.1) is 11.3 Å². The van der Waals surface area contributed by atoms with E-state index in [0.717, 1.165) is 27.0 Å². The molecule has 0 spiro atoms. The lowest BCUT2D eigenvalue weighted by Crippen LogP contribution is -1.94. The fourth-order valence-electron chi connectivity index (χ4n) is 2.67. The van der Waals surface area contributed by atoms with Crippen molar-refractivity contribution >= 4 is 22.2 Å². The second kappa shape index (κ2) is 6.47. The monoisotopic (exact) mass is 359 g/mol. The standard InChI is InChI=1S/C20H13N3O2S/c1-12-2-4-15(24)9-18(12)25-19-14(10-21)11-23-17-5-3-13(8-16(17)19)20-22-6-7-26-20/h2-9,11,24H,1H3. The molecule has 0 saturated heterocycles. The average Bonchev–Trinajstić information content (AvgIpc) is 3.19. The van der Waals surface area contributed by atoms with Crippen LogP contribution in [0, 0.1) is 18.3 Å². The third-order valence-electron chi connectivity index (χ3n) is 4.00. The van der Waals surface area contributed by atoms with E-state index in [-0.39, 0.29) is 5.75 Å². The first-order valence-electron chi connectivity index (χ1n) is 7.86. The molecule has 0 radical (unpaired) electrons. The zero-order chi connectivity index (χ0) is 18.1. The number of ether oxygens (including phenoxy) is 1. The van der Waals surface area contributed by atoms with Crippen LogP contribution in [-0.4, -0.2) is 15.1 Å². The molecule has 0 bridgehead atoms. The Morgan fingerprint density at radius 2 is 2.04 bits per heavy atom. The van der Waals surface area contributed by atoms with E-state index in [1.807, 2.05) is 30.5 Å². The van der Waals surface area contributed by atoms with E-state index in [4.69, 9.17) is 4.74 Å². The predicted molar refractivity (Wildman–Crippen MR) is 100 cm³/mol. The highest BCUT2D eigenvalue weighted by Crippen LogP contribution is 2.37. The van der Waals surface area contributed by atoms with Crippen LogP contribution in [0.4, 0.5) is 0 Å². The van der Waals surface area contributed by atoms with Gasteiger partial charge in [-0.2, -0.15) is 5.26 Å². The van der Waals surface area contributed by atoms with Crippen molar-refractivity contribution in [3.05, 3.63) is 65.3 Å². The van der Waals surface area contributed by atoms with Gasteiger partial charge in [0.25, 0.3) is 0 Å². The van der Waals surface area contributed by atoms with Crippen molar-refractivity contribution in [2.24, 2.45) is 0 Å². The molecular weight excluding hydrogens is 346 g/mol. The Morgan fingerprint density at radius 3 is 2.81 bits per heavy atom. The van der Waals surface area contributed by atoms with Crippen LogP contribution in [0.2, 0.25) is 0 Å². The zero-order valence-corrected chi connectivity index (χ0v) is 14.6. The zero-order valence-electron chi connectivity index (χ0n) is 13.8. The van der Waals surface area contributed by atoms with E-state index in [1.54, 1.807) is 18.3 Å². The Morgan fingerprint density at radius 1 is 1.15 bits per heavy atom. The molecule has 126 valence electrons. The van der Waals surface area contributed by atoms with E-state index in [1.165, 1.54) is 23.6 Å². The summed E-state index contributed by atoms with van der Waals surface area (Å²) < 4.78 is 6.06. The molecule has 0 amide bonds. The number of hydrogen-bond donors (Lipinski definition) is 1. The van der Waals surface area contributed by atoms with Gasteiger partial charge in [-0.25, -0.2) is 4.98 Å². The summed E-state index contributed by atoms with van der Waals surface area (Å²) in [4.78, 5) is 8.68. The molecule has 4 aromatic rings. The summed E-state index contributed by atoms with van der Waals surface area (Å²) in [6.45, 7) is 1.88. The molecule has 1 N–H and O–H groups in total. The number of phenolic OH excluding ortho intramolecular Hbond substituents is 1. The lowest BCUT2D eigenvalue weighted by molar-refractivity contribution is 0.454. The van der Waals surface area contributed by atoms with Gasteiger partial charge < -0.3 is 9.84 Å². The molecule has 0 unspecified atom stereocenters. The molecule has 4 rings (SSSR count). The highest BCUT2D eigenvalue weighted by molar-refractivity contribution is 7.13. The van der Waals surface area contributed by atoms with Crippen molar-refractivity contribution in [2.75, 3.05) is 0 Å². The Labute approximate surface area is 153 Å². The first-order valence-corrected chi connectivity index (χ1v) is 8.74. The lowest BCUT2D eigenvalue weighted by atomic mass is 10.1. The van der Waals surface area contributed by atoms with Gasteiger partial charge in [0.15, 0.2) is 5.75 Å². The van der Waals surface area contributed by atoms with Crippen molar-refractivity contribution in [1.82, 2.24) is 9.97 Å². The Balaban J connectivity index is 1.92. The molecule has 0 aliphatic heterocycles. The Kier molecular flexibility index (Phi) is 3.99. The molecule has 2 aromatic heterocycles. The molecule has 0 saturated carbocycles. The molecule has 0 aliphatic rings. The molecule has 26 heavy (non-hydrogen) atoms. The number of aryl methyl sites for hydroxylation is 1. The summed E-state index contributed by atoms with van der Waals surface area (Å²) >= 11 is 1.54. The quantitative estimate of drug-likeness (QED) is 0.554. The van der Waals surface area contributed by atoms with Crippen LogP contribution < -0.4 is 4.74 Å². The average molecular weight is 359 g/mol. The van der Waals surface area contributed by atoms with Gasteiger partial charge in [0.05, 0.1) is 5.52 Å². The van der Waals surface area contributed by atoms with Gasteiger partial charge >= 0.3 is 0 Å². The SMILES string of the molecule is Cc1ccc(O)cc1Oc1c(C#N)cnc2ccc(-c3nccs3)cc12. The summed E-state index contributed by atoms with van der Waals surface area (Å²) in [5, 5.41) is 22.8. The topological polar surface area (TPSA) is 79.0 Å². The summed E-state index contributed by atoms with van der Waals surface area (Å²) in [7, 11) is 0. The van der Waals surface area contributed by atoms with Gasteiger partial charge in [0.2, 0.25) is 0 Å². The number of aromatic hydroxyl groups is 1. The number of rotatable bonds is 3. The molecule has 0 aliphatic carbocycles. The third-order valence-corrected chi connectivity index (χ3v) is 4.82. The summed E-state index contributed by atoms with van der Waals surface area (Å²) in [5.74, 6) is 1.02. The van der Waals surface area contributed by atoms with E-state index < -0.39 is 0 Å². The molecule has 0 atom stereocenters. The number of benzene rings is 2. The molecule has 5 nitrogen and oxygen atoms in total. The Hall–Kier alpha value is -3.43. The van der Waals surface area contributed by atoms with Gasteiger partial charge in [0, 0.05) is 34.8 Å². The Bertz CT molecular complexity index is 1150. The first-order chi connectivity index (χ1) is 12.7. The summed E-state index contributed by atoms with van der Waals surface area (Å²) in [5.41, 5.74) is 2.84. The van der Waals surface area contributed by atoms with Gasteiger partial charge in [-0.3, -0.25) is 4.98 Å². The van der Waals surface area contributed by atoms with Crippen LogP contribution in [0.15, 0.2) is 54.2 Å². The number of nitriles is 1. The van der Waals surface area contributed by atoms with Gasteiger partial charge in [-0.1, -0.05) is 6.07 Å². The van der Waals surface area contributed by atoms with Crippen LogP contribution in [0.5, 0.6) is 17.2 Å². The number of pyridine rings is 1. The van der Waals surface area contributed by atoms with Crippen molar-refractivity contribution in [3.8, 4) is 33.9 Å². The summed E-state index contributed by atoms with van der Waals surface area (Å²) in [6, 6.07) is 12.8. The third kappa shape index (κ3) is 2.85. The maximum atomic E-state index is 9.76. The van der Waals surface area contributed by atoms with E-state index in [2.05, 4.69) is 16.0 Å². The highest BCUT2D eigenvalue weighted by Gasteiger charge is 2.14. The van der Waals surface area contributed by atoms with E-state index >= 15 is 0 Å². The van der Waals surface area contributed by atoms with Crippen molar-refractivity contribution in [3.63, 3.8) is 0 Å². The lowest BCUT2D eigenvalue weighted by Gasteiger charge is -2.13. The van der Waals surface area contributed by atoms with Crippen molar-refractivity contribution in [2.45, 2.75) is 6.92 Å². The molecule has 2 aromatic carbocycles. The van der Waals surface area contributed by atoms with Crippen LogP contribution in [0.3, 0.4) is 0 Å². The van der Waals surface area contributed by atoms with Crippen molar-refractivity contribution < 1.29 is 9.84 Å². The second-order valence-corrected chi connectivity index (χ2v) is 6.63. The second-order valence-electron chi connectivity index (χ2n) is 5.73. The fraction of sp³-hybridized carbons (Fsp3) is 0.0500. The van der Waals surface area contributed by atoms with E-state index in [0.29, 0.717) is 17.1 Å². The number of phenols is 1. The van der Waals surface area contributed by atoms with E-state index in [9.17, 15) is 10.4 Å².